The van der Waals surface area contributed by atoms with Crippen LogP contribution in [-0.4, -0.2) is 26.7 Å². The van der Waals surface area contributed by atoms with Crippen molar-refractivity contribution in [3.8, 4) is 39.9 Å². The molecule has 7 heteroatoms. The molecule has 0 saturated carbocycles. The molecule has 4 heterocycles. The van der Waals surface area contributed by atoms with Crippen LogP contribution in [0.15, 0.2) is 63.6 Å². The SMILES string of the molecule is COc1ccc(-c2cn3c(-c4ccc(C)o4)c(-c4ccc(C)o4)nnc3n2)cc1. The molecule has 5 aromatic rings. The predicted octanol–water partition coefficient (Wildman–Crippen LogP) is 4.94. The zero-order valence-corrected chi connectivity index (χ0v) is 16.2. The fourth-order valence-corrected chi connectivity index (χ4v) is 3.29. The lowest BCUT2D eigenvalue weighted by molar-refractivity contribution is 0.415. The largest absolute Gasteiger partial charge is 0.497 e. The van der Waals surface area contributed by atoms with Gasteiger partial charge in [-0.25, -0.2) is 4.98 Å². The van der Waals surface area contributed by atoms with E-state index in [0.717, 1.165) is 34.2 Å². The number of aromatic nitrogens is 4. The molecule has 7 nitrogen and oxygen atoms in total. The highest BCUT2D eigenvalue weighted by atomic mass is 16.5. The Bertz CT molecular complexity index is 1310. The van der Waals surface area contributed by atoms with Crippen LogP contribution in [0.3, 0.4) is 0 Å². The number of benzene rings is 1. The van der Waals surface area contributed by atoms with Crippen LogP contribution < -0.4 is 4.74 Å². The van der Waals surface area contributed by atoms with Crippen molar-refractivity contribution in [3.05, 3.63) is 66.2 Å². The van der Waals surface area contributed by atoms with Crippen molar-refractivity contribution in [1.82, 2.24) is 19.6 Å². The summed E-state index contributed by atoms with van der Waals surface area (Å²) in [6.45, 7) is 3.80. The topological polar surface area (TPSA) is 78.6 Å². The summed E-state index contributed by atoms with van der Waals surface area (Å²) in [6.07, 6.45) is 1.93. The van der Waals surface area contributed by atoms with E-state index in [-0.39, 0.29) is 0 Å². The Labute approximate surface area is 166 Å². The molecule has 0 atom stereocenters. The van der Waals surface area contributed by atoms with Gasteiger partial charge in [0.15, 0.2) is 17.2 Å². The fraction of sp³-hybridized carbons (Fsp3) is 0.136. The lowest BCUT2D eigenvalue weighted by Crippen LogP contribution is -2.00. The second-order valence-corrected chi connectivity index (χ2v) is 6.74. The van der Waals surface area contributed by atoms with E-state index in [9.17, 15) is 0 Å². The van der Waals surface area contributed by atoms with Crippen LogP contribution in [-0.2, 0) is 0 Å². The van der Waals surface area contributed by atoms with Gasteiger partial charge in [0.1, 0.15) is 23.0 Å². The van der Waals surface area contributed by atoms with Gasteiger partial charge in [0.25, 0.3) is 5.78 Å². The van der Waals surface area contributed by atoms with Crippen molar-refractivity contribution in [2.75, 3.05) is 7.11 Å². The summed E-state index contributed by atoms with van der Waals surface area (Å²) in [5.41, 5.74) is 3.07. The fourth-order valence-electron chi connectivity index (χ4n) is 3.29. The van der Waals surface area contributed by atoms with Gasteiger partial charge in [-0.3, -0.25) is 4.40 Å². The van der Waals surface area contributed by atoms with Gasteiger partial charge in [0.2, 0.25) is 0 Å². The summed E-state index contributed by atoms with van der Waals surface area (Å²) < 4.78 is 18.9. The van der Waals surface area contributed by atoms with Gasteiger partial charge in [-0.1, -0.05) is 0 Å². The first-order valence-corrected chi connectivity index (χ1v) is 9.16. The van der Waals surface area contributed by atoms with E-state index < -0.39 is 0 Å². The summed E-state index contributed by atoms with van der Waals surface area (Å²) in [5, 5.41) is 8.72. The van der Waals surface area contributed by atoms with Crippen molar-refractivity contribution in [3.63, 3.8) is 0 Å². The highest BCUT2D eigenvalue weighted by molar-refractivity contribution is 5.75. The molecule has 144 valence electrons. The summed E-state index contributed by atoms with van der Waals surface area (Å²) in [5.74, 6) is 4.17. The highest BCUT2D eigenvalue weighted by Crippen LogP contribution is 2.33. The number of ether oxygens (including phenoxy) is 1. The summed E-state index contributed by atoms with van der Waals surface area (Å²) >= 11 is 0. The van der Waals surface area contributed by atoms with Gasteiger partial charge in [-0.05, 0) is 62.4 Å². The number of aryl methyl sites for hydroxylation is 2. The van der Waals surface area contributed by atoms with Crippen LogP contribution in [0.1, 0.15) is 11.5 Å². The first kappa shape index (κ1) is 17.2. The number of fused-ring (bicyclic) bond motifs is 1. The maximum Gasteiger partial charge on any atom is 0.254 e. The molecule has 0 spiro atoms. The van der Waals surface area contributed by atoms with Crippen molar-refractivity contribution >= 4 is 5.78 Å². The van der Waals surface area contributed by atoms with E-state index in [4.69, 9.17) is 13.6 Å². The normalized spacial score (nSPS) is 11.3. The summed E-state index contributed by atoms with van der Waals surface area (Å²) in [4.78, 5) is 4.65. The molecule has 5 rings (SSSR count). The first-order valence-electron chi connectivity index (χ1n) is 9.16. The second kappa shape index (κ2) is 6.63. The molecule has 0 radical (unpaired) electrons. The van der Waals surface area contributed by atoms with Crippen molar-refractivity contribution in [2.45, 2.75) is 13.8 Å². The maximum atomic E-state index is 5.92. The molecule has 29 heavy (non-hydrogen) atoms. The number of imidazole rings is 1. The molecule has 0 amide bonds. The minimum atomic E-state index is 0.479. The third kappa shape index (κ3) is 2.97. The van der Waals surface area contributed by atoms with Gasteiger partial charge in [-0.15, -0.1) is 10.2 Å². The van der Waals surface area contributed by atoms with Gasteiger partial charge < -0.3 is 13.6 Å². The first-order chi connectivity index (χ1) is 14.1. The van der Waals surface area contributed by atoms with Gasteiger partial charge in [0.05, 0.1) is 12.8 Å². The zero-order valence-electron chi connectivity index (χ0n) is 16.2. The van der Waals surface area contributed by atoms with Gasteiger partial charge in [0, 0.05) is 11.8 Å². The van der Waals surface area contributed by atoms with E-state index in [1.54, 1.807) is 7.11 Å². The zero-order chi connectivity index (χ0) is 20.0. The maximum absolute atomic E-state index is 5.92. The minimum Gasteiger partial charge on any atom is -0.497 e. The average Bonchev–Trinajstić information content (AvgIpc) is 3.46. The molecule has 0 saturated heterocycles. The highest BCUT2D eigenvalue weighted by Gasteiger charge is 2.21. The predicted molar refractivity (Wildman–Crippen MR) is 108 cm³/mol. The van der Waals surface area contributed by atoms with Crippen LogP contribution >= 0.6 is 0 Å². The lowest BCUT2D eigenvalue weighted by atomic mass is 10.1. The third-order valence-electron chi connectivity index (χ3n) is 4.73. The standard InChI is InChI=1S/C22H18N4O3/c1-13-4-10-18(28-13)20-21(19-11-5-14(2)29-19)26-12-17(23-22(26)25-24-20)15-6-8-16(27-3)9-7-15/h4-12H,1-3H3. The number of furan rings is 2. The Morgan fingerprint density at radius 3 is 2.14 bits per heavy atom. The molecule has 0 aliphatic heterocycles. The molecule has 0 fully saturated rings. The number of hydrogen-bond donors (Lipinski definition) is 0. The van der Waals surface area contributed by atoms with E-state index in [2.05, 4.69) is 15.2 Å². The molecule has 1 aromatic carbocycles. The Hall–Kier alpha value is -3.87. The quantitative estimate of drug-likeness (QED) is 0.435. The van der Waals surface area contributed by atoms with Crippen LogP contribution in [0, 0.1) is 13.8 Å². The Kier molecular flexibility index (Phi) is 3.94. The third-order valence-corrected chi connectivity index (χ3v) is 4.73. The molecular weight excluding hydrogens is 368 g/mol. The second-order valence-electron chi connectivity index (χ2n) is 6.74. The summed E-state index contributed by atoms with van der Waals surface area (Å²) in [6, 6.07) is 15.3. The molecule has 0 aliphatic rings. The van der Waals surface area contributed by atoms with E-state index in [0.29, 0.717) is 23.0 Å². The molecule has 4 aromatic heterocycles. The molecule has 0 bridgehead atoms. The number of methoxy groups -OCH3 is 1. The number of hydrogen-bond acceptors (Lipinski definition) is 6. The van der Waals surface area contributed by atoms with Gasteiger partial charge >= 0.3 is 0 Å². The minimum absolute atomic E-state index is 0.479. The van der Waals surface area contributed by atoms with Crippen LogP contribution in [0.25, 0.3) is 39.9 Å². The monoisotopic (exact) mass is 386 g/mol. The molecular formula is C22H18N4O3. The van der Waals surface area contributed by atoms with Crippen molar-refractivity contribution in [1.29, 1.82) is 0 Å². The molecule has 0 aliphatic carbocycles. The summed E-state index contributed by atoms with van der Waals surface area (Å²) in [7, 11) is 1.64. The number of rotatable bonds is 4. The Balaban J connectivity index is 1.74. The number of nitrogens with zero attached hydrogens (tertiary/aromatic N) is 4. The lowest BCUT2D eigenvalue weighted by Gasteiger charge is -2.06. The van der Waals surface area contributed by atoms with E-state index >= 15 is 0 Å². The van der Waals surface area contributed by atoms with Crippen molar-refractivity contribution in [2.24, 2.45) is 0 Å². The van der Waals surface area contributed by atoms with Crippen LogP contribution in [0.2, 0.25) is 0 Å². The van der Waals surface area contributed by atoms with E-state index in [1.807, 2.05) is 73.0 Å². The van der Waals surface area contributed by atoms with Crippen LogP contribution in [0.5, 0.6) is 5.75 Å². The smallest absolute Gasteiger partial charge is 0.254 e. The Morgan fingerprint density at radius 1 is 0.828 bits per heavy atom. The van der Waals surface area contributed by atoms with E-state index in [1.165, 1.54) is 0 Å². The van der Waals surface area contributed by atoms with Crippen molar-refractivity contribution < 1.29 is 13.6 Å². The van der Waals surface area contributed by atoms with Gasteiger partial charge in [-0.2, -0.15) is 0 Å². The Morgan fingerprint density at radius 2 is 1.52 bits per heavy atom. The van der Waals surface area contributed by atoms with Crippen LogP contribution in [0.4, 0.5) is 0 Å². The molecule has 0 unspecified atom stereocenters. The molecule has 0 N–H and O–H groups in total. The average molecular weight is 386 g/mol.